The van der Waals surface area contributed by atoms with E-state index in [-0.39, 0.29) is 17.2 Å². The lowest BCUT2D eigenvalue weighted by molar-refractivity contribution is -0.118. The van der Waals surface area contributed by atoms with E-state index in [4.69, 9.17) is 13.9 Å². The van der Waals surface area contributed by atoms with Gasteiger partial charge in [-0.3, -0.25) is 9.59 Å². The summed E-state index contributed by atoms with van der Waals surface area (Å²) < 4.78 is 15.9. The second kappa shape index (κ2) is 10.1. The third-order valence-corrected chi connectivity index (χ3v) is 4.17. The van der Waals surface area contributed by atoms with E-state index < -0.39 is 23.6 Å². The Hall–Kier alpha value is -3.36. The Labute approximate surface area is 181 Å². The molecule has 0 aliphatic heterocycles. The molecule has 9 nitrogen and oxygen atoms in total. The van der Waals surface area contributed by atoms with Crippen LogP contribution >= 0.6 is 0 Å². The van der Waals surface area contributed by atoms with Gasteiger partial charge in [-0.05, 0) is 39.2 Å². The molecule has 0 aliphatic carbocycles. The molecule has 1 heterocycles. The molecule has 31 heavy (non-hydrogen) atoms. The topological polar surface area (TPSA) is 120 Å². The first-order valence-corrected chi connectivity index (χ1v) is 9.90. The van der Waals surface area contributed by atoms with E-state index in [0.717, 1.165) is 0 Å². The minimum atomic E-state index is -0.853. The lowest BCUT2D eigenvalue weighted by Crippen LogP contribution is -2.46. The molecule has 2 N–H and O–H groups in total. The van der Waals surface area contributed by atoms with Crippen molar-refractivity contribution < 1.29 is 28.3 Å². The summed E-state index contributed by atoms with van der Waals surface area (Å²) in [7, 11) is 1.47. The van der Waals surface area contributed by atoms with Crippen molar-refractivity contribution in [3.63, 3.8) is 0 Å². The van der Waals surface area contributed by atoms with Gasteiger partial charge in [0.2, 0.25) is 5.91 Å². The SMILES string of the molecule is COc1cc(NC(=O)[C@@H](CC(C)C)NC(=O)OC(C)(C)C)c(C=O)cc1-c1cnco1. The number of aromatic nitrogens is 1. The van der Waals surface area contributed by atoms with E-state index in [1.807, 2.05) is 13.8 Å². The zero-order valence-electron chi connectivity index (χ0n) is 18.6. The summed E-state index contributed by atoms with van der Waals surface area (Å²) in [4.78, 5) is 40.7. The zero-order valence-corrected chi connectivity index (χ0v) is 18.6. The molecule has 168 valence electrons. The highest BCUT2D eigenvalue weighted by Gasteiger charge is 2.26. The van der Waals surface area contributed by atoms with Crippen LogP contribution in [0.5, 0.6) is 5.75 Å². The van der Waals surface area contributed by atoms with Gasteiger partial charge in [0.05, 0.1) is 24.6 Å². The Morgan fingerprint density at radius 1 is 1.26 bits per heavy atom. The molecular formula is C22H29N3O6. The predicted molar refractivity (Wildman–Crippen MR) is 115 cm³/mol. The average Bonchev–Trinajstić information content (AvgIpc) is 3.19. The first kappa shape index (κ1) is 23.9. The highest BCUT2D eigenvalue weighted by molar-refractivity contribution is 6.01. The lowest BCUT2D eigenvalue weighted by Gasteiger charge is -2.24. The van der Waals surface area contributed by atoms with Gasteiger partial charge in [-0.15, -0.1) is 0 Å². The van der Waals surface area contributed by atoms with Crippen LogP contribution in [0.4, 0.5) is 10.5 Å². The van der Waals surface area contributed by atoms with Gasteiger partial charge in [0.15, 0.2) is 18.4 Å². The number of oxazole rings is 1. The molecule has 0 bridgehead atoms. The number of carbonyl (C=O) groups excluding carboxylic acids is 3. The largest absolute Gasteiger partial charge is 0.496 e. The van der Waals surface area contributed by atoms with Crippen molar-refractivity contribution in [2.45, 2.75) is 52.7 Å². The fraction of sp³-hybridized carbons (Fsp3) is 0.455. The molecule has 0 aliphatic rings. The highest BCUT2D eigenvalue weighted by atomic mass is 16.6. The van der Waals surface area contributed by atoms with Gasteiger partial charge in [-0.2, -0.15) is 0 Å². The second-order valence-electron chi connectivity index (χ2n) is 8.44. The second-order valence-corrected chi connectivity index (χ2v) is 8.44. The monoisotopic (exact) mass is 431 g/mol. The summed E-state index contributed by atoms with van der Waals surface area (Å²) in [5.74, 6) is 0.456. The van der Waals surface area contributed by atoms with E-state index >= 15 is 0 Å². The Morgan fingerprint density at radius 3 is 2.48 bits per heavy atom. The summed E-state index contributed by atoms with van der Waals surface area (Å²) in [5.41, 5.74) is 0.295. The molecule has 0 saturated carbocycles. The summed E-state index contributed by atoms with van der Waals surface area (Å²) >= 11 is 0. The van der Waals surface area contributed by atoms with Gasteiger partial charge in [0.1, 0.15) is 17.4 Å². The number of hydrogen-bond acceptors (Lipinski definition) is 7. The van der Waals surface area contributed by atoms with Crippen LogP contribution in [-0.4, -0.2) is 42.0 Å². The van der Waals surface area contributed by atoms with Crippen molar-refractivity contribution in [1.29, 1.82) is 0 Å². The van der Waals surface area contributed by atoms with E-state index in [1.165, 1.54) is 25.8 Å². The van der Waals surface area contributed by atoms with Gasteiger partial charge in [-0.1, -0.05) is 13.8 Å². The van der Waals surface area contributed by atoms with Crippen molar-refractivity contribution in [2.24, 2.45) is 5.92 Å². The molecule has 0 radical (unpaired) electrons. The number of hydrogen-bond donors (Lipinski definition) is 2. The van der Waals surface area contributed by atoms with Crippen molar-refractivity contribution in [1.82, 2.24) is 10.3 Å². The molecule has 2 rings (SSSR count). The number of nitrogens with one attached hydrogen (secondary N) is 2. The number of anilines is 1. The standard InChI is InChI=1S/C22H29N3O6/c1-13(2)7-17(25-21(28)31-22(3,4)5)20(27)24-16-9-18(29-6)15(8-14(16)11-26)19-10-23-12-30-19/h8-13,17H,7H2,1-6H3,(H,24,27)(H,25,28)/t17-/m1/s1. The zero-order chi connectivity index (χ0) is 23.2. The van der Waals surface area contributed by atoms with Crippen molar-refractivity contribution in [3.8, 4) is 17.1 Å². The summed E-state index contributed by atoms with van der Waals surface area (Å²) in [6.07, 6.45) is 3.07. The van der Waals surface area contributed by atoms with Crippen LogP contribution in [0, 0.1) is 5.92 Å². The molecule has 1 atom stereocenters. The Balaban J connectivity index is 2.29. The maximum Gasteiger partial charge on any atom is 0.408 e. The van der Waals surface area contributed by atoms with Crippen molar-refractivity contribution >= 4 is 24.0 Å². The molecular weight excluding hydrogens is 402 g/mol. The fourth-order valence-corrected chi connectivity index (χ4v) is 2.89. The average molecular weight is 431 g/mol. The molecule has 0 fully saturated rings. The number of methoxy groups -OCH3 is 1. The van der Waals surface area contributed by atoms with Gasteiger partial charge in [0.25, 0.3) is 0 Å². The minimum absolute atomic E-state index is 0.125. The smallest absolute Gasteiger partial charge is 0.408 e. The molecule has 1 aromatic carbocycles. The third-order valence-electron chi connectivity index (χ3n) is 4.17. The summed E-state index contributed by atoms with van der Waals surface area (Å²) in [6, 6.07) is 2.22. The van der Waals surface area contributed by atoms with Crippen LogP contribution in [0.15, 0.2) is 29.1 Å². The Kier molecular flexibility index (Phi) is 7.79. The number of carbonyl (C=O) groups is 3. The quantitative estimate of drug-likeness (QED) is 0.605. The number of rotatable bonds is 8. The minimum Gasteiger partial charge on any atom is -0.496 e. The van der Waals surface area contributed by atoms with Crippen LogP contribution < -0.4 is 15.4 Å². The lowest BCUT2D eigenvalue weighted by atomic mass is 10.0. The highest BCUT2D eigenvalue weighted by Crippen LogP contribution is 2.34. The van der Waals surface area contributed by atoms with Gasteiger partial charge < -0.3 is 24.5 Å². The predicted octanol–water partition coefficient (Wildman–Crippen LogP) is 4.04. The maximum absolute atomic E-state index is 13.0. The first-order chi connectivity index (χ1) is 14.5. The van der Waals surface area contributed by atoms with Crippen LogP contribution in [0.3, 0.4) is 0 Å². The molecule has 9 heteroatoms. The number of ether oxygens (including phenoxy) is 2. The Bertz CT molecular complexity index is 916. The van der Waals surface area contributed by atoms with Crippen LogP contribution in [-0.2, 0) is 9.53 Å². The van der Waals surface area contributed by atoms with Gasteiger partial charge in [0, 0.05) is 11.6 Å². The van der Waals surface area contributed by atoms with Crippen molar-refractivity contribution in [3.05, 3.63) is 30.3 Å². The van der Waals surface area contributed by atoms with Crippen LogP contribution in [0.1, 0.15) is 51.4 Å². The van der Waals surface area contributed by atoms with E-state index in [2.05, 4.69) is 15.6 Å². The fourth-order valence-electron chi connectivity index (χ4n) is 2.89. The molecule has 0 spiro atoms. The number of amides is 2. The maximum atomic E-state index is 13.0. The first-order valence-electron chi connectivity index (χ1n) is 9.90. The number of benzene rings is 1. The number of nitrogens with zero attached hydrogens (tertiary/aromatic N) is 1. The van der Waals surface area contributed by atoms with E-state index in [9.17, 15) is 14.4 Å². The molecule has 2 aromatic rings. The normalized spacial score (nSPS) is 12.2. The summed E-state index contributed by atoms with van der Waals surface area (Å²) in [6.45, 7) is 9.08. The van der Waals surface area contributed by atoms with Crippen LogP contribution in [0.2, 0.25) is 0 Å². The van der Waals surface area contributed by atoms with E-state index in [1.54, 1.807) is 26.8 Å². The molecule has 1 aromatic heterocycles. The number of aldehydes is 1. The Morgan fingerprint density at radius 2 is 1.97 bits per heavy atom. The van der Waals surface area contributed by atoms with Crippen LogP contribution in [0.25, 0.3) is 11.3 Å². The molecule has 0 saturated heterocycles. The van der Waals surface area contributed by atoms with E-state index in [0.29, 0.717) is 29.8 Å². The molecule has 2 amide bonds. The number of alkyl carbamates (subject to hydrolysis) is 1. The third kappa shape index (κ3) is 6.84. The van der Waals surface area contributed by atoms with Gasteiger partial charge in [-0.25, -0.2) is 9.78 Å². The van der Waals surface area contributed by atoms with Crippen molar-refractivity contribution in [2.75, 3.05) is 12.4 Å². The van der Waals surface area contributed by atoms with Gasteiger partial charge >= 0.3 is 6.09 Å². The summed E-state index contributed by atoms with van der Waals surface area (Å²) in [5, 5.41) is 5.32. The molecule has 0 unspecified atom stereocenters.